The second kappa shape index (κ2) is 3.55. The van der Waals surface area contributed by atoms with Crippen LogP contribution in [0, 0.1) is 6.92 Å². The SMILES string of the molecule is Cc1nnc(C2(N)CCC2)n1C1CCCC1. The van der Waals surface area contributed by atoms with Gasteiger partial charge in [0.15, 0.2) is 5.82 Å². The summed E-state index contributed by atoms with van der Waals surface area (Å²) in [7, 11) is 0. The normalized spacial score (nSPS) is 24.6. The van der Waals surface area contributed by atoms with Crippen LogP contribution < -0.4 is 5.73 Å². The molecule has 0 aromatic carbocycles. The zero-order valence-corrected chi connectivity index (χ0v) is 9.95. The number of hydrogen-bond donors (Lipinski definition) is 1. The van der Waals surface area contributed by atoms with Crippen LogP contribution >= 0.6 is 0 Å². The Labute approximate surface area is 96.2 Å². The average molecular weight is 220 g/mol. The summed E-state index contributed by atoms with van der Waals surface area (Å²) in [5.41, 5.74) is 6.21. The van der Waals surface area contributed by atoms with E-state index in [0.717, 1.165) is 24.5 Å². The van der Waals surface area contributed by atoms with Gasteiger partial charge in [-0.05, 0) is 39.0 Å². The fraction of sp³-hybridized carbons (Fsp3) is 0.833. The summed E-state index contributed by atoms with van der Waals surface area (Å²) in [4.78, 5) is 0. The lowest BCUT2D eigenvalue weighted by Gasteiger charge is -2.38. The minimum Gasteiger partial charge on any atom is -0.319 e. The van der Waals surface area contributed by atoms with Gasteiger partial charge >= 0.3 is 0 Å². The lowest BCUT2D eigenvalue weighted by molar-refractivity contribution is 0.223. The van der Waals surface area contributed by atoms with Gasteiger partial charge in [-0.15, -0.1) is 10.2 Å². The Morgan fingerprint density at radius 2 is 1.88 bits per heavy atom. The highest BCUT2D eigenvalue weighted by Gasteiger charge is 2.40. The summed E-state index contributed by atoms with van der Waals surface area (Å²) in [6, 6.07) is 0.603. The molecule has 88 valence electrons. The summed E-state index contributed by atoms with van der Waals surface area (Å²) in [6.07, 6.45) is 8.56. The smallest absolute Gasteiger partial charge is 0.153 e. The number of nitrogens with two attached hydrogens (primary N) is 1. The van der Waals surface area contributed by atoms with Crippen LogP contribution in [-0.4, -0.2) is 14.8 Å². The second-order valence-electron chi connectivity index (χ2n) is 5.39. The van der Waals surface area contributed by atoms with Gasteiger partial charge in [-0.3, -0.25) is 0 Å². The molecule has 2 aliphatic rings. The maximum atomic E-state index is 6.38. The zero-order valence-electron chi connectivity index (χ0n) is 9.95. The molecular weight excluding hydrogens is 200 g/mol. The highest BCUT2D eigenvalue weighted by atomic mass is 15.3. The van der Waals surface area contributed by atoms with Crippen molar-refractivity contribution in [3.8, 4) is 0 Å². The third-order valence-electron chi connectivity index (χ3n) is 4.25. The number of hydrogen-bond acceptors (Lipinski definition) is 3. The Kier molecular flexibility index (Phi) is 2.28. The van der Waals surface area contributed by atoms with E-state index < -0.39 is 0 Å². The third-order valence-corrected chi connectivity index (χ3v) is 4.25. The third kappa shape index (κ3) is 1.39. The van der Waals surface area contributed by atoms with E-state index in [1.54, 1.807) is 0 Å². The van der Waals surface area contributed by atoms with E-state index in [1.807, 2.05) is 0 Å². The molecule has 1 aromatic rings. The topological polar surface area (TPSA) is 56.7 Å². The molecule has 0 saturated heterocycles. The van der Waals surface area contributed by atoms with Crippen molar-refractivity contribution in [2.75, 3.05) is 0 Å². The lowest BCUT2D eigenvalue weighted by atomic mass is 9.77. The Balaban J connectivity index is 1.98. The van der Waals surface area contributed by atoms with E-state index in [0.29, 0.717) is 6.04 Å². The van der Waals surface area contributed by atoms with Crippen molar-refractivity contribution in [2.24, 2.45) is 5.73 Å². The first-order chi connectivity index (χ1) is 7.71. The predicted molar refractivity (Wildman–Crippen MR) is 62.0 cm³/mol. The van der Waals surface area contributed by atoms with Crippen molar-refractivity contribution in [2.45, 2.75) is 63.5 Å². The largest absolute Gasteiger partial charge is 0.319 e. The molecule has 0 spiro atoms. The van der Waals surface area contributed by atoms with Gasteiger partial charge in [0, 0.05) is 6.04 Å². The lowest BCUT2D eigenvalue weighted by Crippen LogP contribution is -2.46. The monoisotopic (exact) mass is 220 g/mol. The first-order valence-electron chi connectivity index (χ1n) is 6.41. The molecule has 0 aliphatic heterocycles. The van der Waals surface area contributed by atoms with Crippen molar-refractivity contribution in [1.29, 1.82) is 0 Å². The van der Waals surface area contributed by atoms with Gasteiger partial charge in [-0.2, -0.15) is 0 Å². The number of aryl methyl sites for hydroxylation is 1. The van der Waals surface area contributed by atoms with Crippen molar-refractivity contribution < 1.29 is 0 Å². The fourth-order valence-corrected chi connectivity index (χ4v) is 3.09. The van der Waals surface area contributed by atoms with Crippen LogP contribution in [0.3, 0.4) is 0 Å². The van der Waals surface area contributed by atoms with E-state index >= 15 is 0 Å². The number of nitrogens with zero attached hydrogens (tertiary/aromatic N) is 3. The number of aromatic nitrogens is 3. The molecule has 2 saturated carbocycles. The fourth-order valence-electron chi connectivity index (χ4n) is 3.09. The predicted octanol–water partition coefficient (Wildman–Crippen LogP) is 2.04. The quantitative estimate of drug-likeness (QED) is 0.829. The molecule has 2 N–H and O–H groups in total. The van der Waals surface area contributed by atoms with Crippen LogP contribution in [-0.2, 0) is 5.54 Å². The standard InChI is InChI=1S/C12H20N4/c1-9-14-15-11(12(13)7-4-8-12)16(9)10-5-2-3-6-10/h10H,2-8,13H2,1H3. The summed E-state index contributed by atoms with van der Waals surface area (Å²) >= 11 is 0. The van der Waals surface area contributed by atoms with Gasteiger partial charge in [-0.25, -0.2) is 0 Å². The van der Waals surface area contributed by atoms with Gasteiger partial charge in [0.25, 0.3) is 0 Å². The Bertz CT molecular complexity index is 386. The molecule has 2 aliphatic carbocycles. The van der Waals surface area contributed by atoms with Crippen molar-refractivity contribution in [3.63, 3.8) is 0 Å². The average Bonchev–Trinajstić information content (AvgIpc) is 2.82. The van der Waals surface area contributed by atoms with Crippen LogP contribution in [0.4, 0.5) is 0 Å². The molecule has 3 rings (SSSR count). The molecule has 0 bridgehead atoms. The minimum atomic E-state index is -0.177. The van der Waals surface area contributed by atoms with Crippen LogP contribution in [0.2, 0.25) is 0 Å². The van der Waals surface area contributed by atoms with Crippen molar-refractivity contribution in [3.05, 3.63) is 11.6 Å². The highest BCUT2D eigenvalue weighted by Crippen LogP contribution is 2.41. The van der Waals surface area contributed by atoms with Gasteiger partial charge in [0.1, 0.15) is 5.82 Å². The van der Waals surface area contributed by atoms with E-state index in [2.05, 4.69) is 21.7 Å². The molecular formula is C12H20N4. The summed E-state index contributed by atoms with van der Waals surface area (Å²) < 4.78 is 2.33. The van der Waals surface area contributed by atoms with Gasteiger partial charge in [-0.1, -0.05) is 12.8 Å². The molecule has 0 atom stereocenters. The molecule has 4 nitrogen and oxygen atoms in total. The Morgan fingerprint density at radius 1 is 1.19 bits per heavy atom. The molecule has 16 heavy (non-hydrogen) atoms. The van der Waals surface area contributed by atoms with Gasteiger partial charge in [0.05, 0.1) is 5.54 Å². The summed E-state index contributed by atoms with van der Waals surface area (Å²) in [5, 5.41) is 8.58. The van der Waals surface area contributed by atoms with E-state index in [4.69, 9.17) is 5.73 Å². The van der Waals surface area contributed by atoms with E-state index in [-0.39, 0.29) is 5.54 Å². The Morgan fingerprint density at radius 3 is 2.44 bits per heavy atom. The molecule has 0 amide bonds. The first-order valence-corrected chi connectivity index (χ1v) is 6.41. The molecule has 2 fully saturated rings. The maximum Gasteiger partial charge on any atom is 0.153 e. The first kappa shape index (κ1) is 10.3. The minimum absolute atomic E-state index is 0.177. The van der Waals surface area contributed by atoms with Gasteiger partial charge in [0.2, 0.25) is 0 Å². The molecule has 1 aromatic heterocycles. The van der Waals surface area contributed by atoms with Crippen LogP contribution in [0.5, 0.6) is 0 Å². The summed E-state index contributed by atoms with van der Waals surface area (Å²) in [5.74, 6) is 2.08. The van der Waals surface area contributed by atoms with Gasteiger partial charge < -0.3 is 10.3 Å². The van der Waals surface area contributed by atoms with Crippen LogP contribution in [0.25, 0.3) is 0 Å². The Hall–Kier alpha value is -0.900. The van der Waals surface area contributed by atoms with Crippen molar-refractivity contribution in [1.82, 2.24) is 14.8 Å². The molecule has 0 radical (unpaired) electrons. The van der Waals surface area contributed by atoms with E-state index in [1.165, 1.54) is 32.1 Å². The molecule has 4 heteroatoms. The number of rotatable bonds is 2. The zero-order chi connectivity index (χ0) is 11.2. The van der Waals surface area contributed by atoms with Crippen LogP contribution in [0.15, 0.2) is 0 Å². The molecule has 0 unspecified atom stereocenters. The van der Waals surface area contributed by atoms with Crippen molar-refractivity contribution >= 4 is 0 Å². The maximum absolute atomic E-state index is 6.38. The van der Waals surface area contributed by atoms with Crippen LogP contribution in [0.1, 0.15) is 62.6 Å². The highest BCUT2D eigenvalue weighted by molar-refractivity contribution is 5.13. The molecule has 1 heterocycles. The van der Waals surface area contributed by atoms with E-state index in [9.17, 15) is 0 Å². The summed E-state index contributed by atoms with van der Waals surface area (Å²) in [6.45, 7) is 2.05. The second-order valence-corrected chi connectivity index (χ2v) is 5.39.